The number of benzene rings is 13. The molecule has 2 aliphatic heterocycles. The highest BCUT2D eigenvalue weighted by Gasteiger charge is 2.41. The Labute approximate surface area is 451 Å². The van der Waals surface area contributed by atoms with Crippen molar-refractivity contribution in [2.45, 2.75) is 0 Å². The Balaban J connectivity index is 0.777. The second-order valence-corrected chi connectivity index (χ2v) is 22.5. The van der Waals surface area contributed by atoms with E-state index in [9.17, 15) is 0 Å². The predicted octanol–water partition coefficient (Wildman–Crippen LogP) is 18.7. The lowest BCUT2D eigenvalue weighted by Crippen LogP contribution is -2.57. The fourth-order valence-electron chi connectivity index (χ4n) is 12.5. The van der Waals surface area contributed by atoms with Crippen molar-refractivity contribution in [3.05, 3.63) is 249 Å². The molecule has 13 aromatic carbocycles. The Morgan fingerprint density at radius 1 is 0.273 bits per heavy atom. The number of anilines is 6. The molecule has 0 fully saturated rings. The van der Waals surface area contributed by atoms with Crippen molar-refractivity contribution in [1.29, 1.82) is 0 Å². The van der Waals surface area contributed by atoms with Crippen LogP contribution in [0, 0.1) is 0 Å². The number of hydrogen-bond donors (Lipinski definition) is 0. The minimum Gasteiger partial charge on any atom is -0.458 e. The molecule has 2 aliphatic rings. The van der Waals surface area contributed by atoms with E-state index in [-0.39, 0.29) is 6.71 Å². The van der Waals surface area contributed by atoms with Crippen LogP contribution in [-0.2, 0) is 0 Å². The molecule has 4 heterocycles. The minimum absolute atomic E-state index is 0.0581. The highest BCUT2D eigenvalue weighted by molar-refractivity contribution is 7.26. The van der Waals surface area contributed by atoms with Crippen LogP contribution in [0.3, 0.4) is 0 Å². The zero-order valence-electron chi connectivity index (χ0n) is 41.3. The van der Waals surface area contributed by atoms with Gasteiger partial charge in [0, 0.05) is 79.3 Å². The van der Waals surface area contributed by atoms with Crippen LogP contribution in [-0.4, -0.2) is 6.71 Å². The molecule has 0 amide bonds. The molecule has 0 saturated heterocycles. The third-order valence-corrected chi connectivity index (χ3v) is 18.3. The van der Waals surface area contributed by atoms with Gasteiger partial charge in [-0.2, -0.15) is 0 Å². The first kappa shape index (κ1) is 42.9. The standard InChI is InChI=1S/C70H41BN2O2S2/c1-3-18-48(19-4-1)72(60-24-11-16-42-14-7-9-22-52(42)60)50-30-28-44-34-54-56-38-64-58(40-68(56)76-66(54)36-46(44)32-50)71-59-41-69-57(39-65(59)75-63-27-13-26-62(74-64)70(63)71)55-35-45-29-31-51(33-47(45)37-67(55)77-69)73(49-20-5-2-6-21-49)61-25-12-17-43-15-8-10-23-53(43)61/h1-41H. The molecule has 4 nitrogen and oxygen atoms in total. The van der Waals surface area contributed by atoms with E-state index >= 15 is 0 Å². The second-order valence-electron chi connectivity index (χ2n) is 20.4. The van der Waals surface area contributed by atoms with E-state index in [2.05, 4.69) is 259 Å². The molecule has 77 heavy (non-hydrogen) atoms. The first-order valence-electron chi connectivity index (χ1n) is 26.1. The Morgan fingerprint density at radius 2 is 0.688 bits per heavy atom. The van der Waals surface area contributed by atoms with Gasteiger partial charge in [-0.25, -0.2) is 0 Å². The zero-order valence-corrected chi connectivity index (χ0v) is 42.9. The molecule has 0 bridgehead atoms. The maximum Gasteiger partial charge on any atom is 0.260 e. The van der Waals surface area contributed by atoms with Gasteiger partial charge < -0.3 is 19.3 Å². The van der Waals surface area contributed by atoms with Crippen molar-refractivity contribution < 1.29 is 9.47 Å². The summed E-state index contributed by atoms with van der Waals surface area (Å²) in [4.78, 5) is 4.77. The van der Waals surface area contributed by atoms with Crippen LogP contribution in [0.25, 0.3) is 83.4 Å². The average Bonchev–Trinajstić information content (AvgIpc) is 4.10. The molecule has 0 spiro atoms. The number of hydrogen-bond acceptors (Lipinski definition) is 6. The van der Waals surface area contributed by atoms with Crippen LogP contribution in [0.1, 0.15) is 0 Å². The summed E-state index contributed by atoms with van der Waals surface area (Å²) in [6, 6.07) is 90.8. The van der Waals surface area contributed by atoms with Gasteiger partial charge in [0.2, 0.25) is 0 Å². The lowest BCUT2D eigenvalue weighted by Gasteiger charge is -2.33. The average molecular weight is 1020 g/mol. The summed E-state index contributed by atoms with van der Waals surface area (Å²) in [6.07, 6.45) is 0. The zero-order chi connectivity index (χ0) is 50.3. The number of para-hydroxylation sites is 2. The highest BCUT2D eigenvalue weighted by Crippen LogP contribution is 2.47. The lowest BCUT2D eigenvalue weighted by atomic mass is 9.35. The molecular weight excluding hydrogens is 976 g/mol. The summed E-state index contributed by atoms with van der Waals surface area (Å²) in [5.41, 5.74) is 10.2. The minimum atomic E-state index is -0.0581. The van der Waals surface area contributed by atoms with E-state index in [4.69, 9.17) is 9.47 Å². The first-order chi connectivity index (χ1) is 38.1. The van der Waals surface area contributed by atoms with Crippen molar-refractivity contribution in [3.8, 4) is 23.0 Å². The van der Waals surface area contributed by atoms with Gasteiger partial charge in [0.25, 0.3) is 6.71 Å². The summed E-state index contributed by atoms with van der Waals surface area (Å²) in [7, 11) is 0. The molecule has 0 unspecified atom stereocenters. The summed E-state index contributed by atoms with van der Waals surface area (Å²) in [5.74, 6) is 3.50. The highest BCUT2D eigenvalue weighted by atomic mass is 32.1. The molecule has 0 atom stereocenters. The van der Waals surface area contributed by atoms with Crippen LogP contribution in [0.15, 0.2) is 249 Å². The van der Waals surface area contributed by atoms with E-state index in [0.717, 1.165) is 62.6 Å². The first-order valence-corrected chi connectivity index (χ1v) is 27.8. The van der Waals surface area contributed by atoms with Gasteiger partial charge in [-0.1, -0.05) is 127 Å². The number of thiophene rings is 2. The van der Waals surface area contributed by atoms with E-state index in [1.54, 1.807) is 0 Å². The van der Waals surface area contributed by atoms with Gasteiger partial charge in [0.05, 0.1) is 11.4 Å². The van der Waals surface area contributed by atoms with Gasteiger partial charge in [-0.05, 0) is 165 Å². The van der Waals surface area contributed by atoms with E-state index in [1.165, 1.54) is 94.4 Å². The Bertz CT molecular complexity index is 4650. The van der Waals surface area contributed by atoms with Crippen LogP contribution >= 0.6 is 22.7 Å². The van der Waals surface area contributed by atoms with Crippen LogP contribution in [0.2, 0.25) is 0 Å². The number of nitrogens with zero attached hydrogens (tertiary/aromatic N) is 2. The second kappa shape index (κ2) is 16.6. The topological polar surface area (TPSA) is 24.9 Å². The molecule has 17 rings (SSSR count). The van der Waals surface area contributed by atoms with Crippen LogP contribution < -0.4 is 35.7 Å². The Morgan fingerprint density at radius 3 is 1.18 bits per heavy atom. The van der Waals surface area contributed by atoms with Crippen molar-refractivity contribution in [3.63, 3.8) is 0 Å². The van der Waals surface area contributed by atoms with Gasteiger partial charge >= 0.3 is 0 Å². The molecule has 0 radical (unpaired) electrons. The van der Waals surface area contributed by atoms with Crippen molar-refractivity contribution in [2.24, 2.45) is 0 Å². The number of rotatable bonds is 6. The summed E-state index contributed by atoms with van der Waals surface area (Å²) < 4.78 is 18.8. The quantitative estimate of drug-likeness (QED) is 0.155. The largest absolute Gasteiger partial charge is 0.458 e. The maximum absolute atomic E-state index is 6.91. The maximum atomic E-state index is 6.91. The number of fused-ring (bicyclic) bond motifs is 14. The van der Waals surface area contributed by atoms with Crippen molar-refractivity contribution in [1.82, 2.24) is 0 Å². The summed E-state index contributed by atoms with van der Waals surface area (Å²) in [5, 5.41) is 14.6. The fourth-order valence-corrected chi connectivity index (χ4v) is 14.9. The molecule has 0 aliphatic carbocycles. The Hall–Kier alpha value is -9.40. The summed E-state index contributed by atoms with van der Waals surface area (Å²) in [6.45, 7) is -0.0581. The Kier molecular flexibility index (Phi) is 9.22. The van der Waals surface area contributed by atoms with Crippen LogP contribution in [0.4, 0.5) is 34.1 Å². The normalized spacial score (nSPS) is 12.6. The van der Waals surface area contributed by atoms with Gasteiger partial charge in [-0.3, -0.25) is 0 Å². The third-order valence-electron chi connectivity index (χ3n) is 16.0. The fraction of sp³-hybridized carbons (Fsp3) is 0. The molecule has 2 aromatic heterocycles. The molecular formula is C70H41BN2O2S2. The molecule has 358 valence electrons. The summed E-state index contributed by atoms with van der Waals surface area (Å²) >= 11 is 3.72. The molecule has 7 heteroatoms. The predicted molar refractivity (Wildman–Crippen MR) is 329 cm³/mol. The number of ether oxygens (including phenoxy) is 2. The van der Waals surface area contributed by atoms with Crippen LogP contribution in [0.5, 0.6) is 23.0 Å². The SMILES string of the molecule is c1ccc(N(c2ccc3cc4c(cc3c2)sc2cc3c(cc24)Oc2cccc4c2B3c2cc3sc5cc6cc(N(c7ccccc7)c7cccc8ccccc78)ccc6cc5c3cc2O4)c2cccc3ccccc23)cc1. The third kappa shape index (κ3) is 6.64. The molecule has 0 saturated carbocycles. The van der Waals surface area contributed by atoms with E-state index in [0.29, 0.717) is 0 Å². The van der Waals surface area contributed by atoms with Gasteiger partial charge in [0.15, 0.2) is 0 Å². The molecule has 0 N–H and O–H groups in total. The van der Waals surface area contributed by atoms with Crippen molar-refractivity contribution in [2.75, 3.05) is 9.80 Å². The van der Waals surface area contributed by atoms with E-state index < -0.39 is 0 Å². The van der Waals surface area contributed by atoms with Crippen molar-refractivity contribution >= 4 is 163 Å². The molecule has 15 aromatic rings. The van der Waals surface area contributed by atoms with Gasteiger partial charge in [-0.15, -0.1) is 22.7 Å². The monoisotopic (exact) mass is 1020 g/mol. The smallest absolute Gasteiger partial charge is 0.260 e. The lowest BCUT2D eigenvalue weighted by molar-refractivity contribution is 0.465. The van der Waals surface area contributed by atoms with Gasteiger partial charge in [0.1, 0.15) is 23.0 Å². The van der Waals surface area contributed by atoms with E-state index in [1.807, 2.05) is 22.7 Å².